The van der Waals surface area contributed by atoms with Crippen LogP contribution in [0.5, 0.6) is 0 Å². The first kappa shape index (κ1) is 19.0. The molecule has 5 heteroatoms. The molecule has 0 aromatic rings. The number of esters is 2. The van der Waals surface area contributed by atoms with Gasteiger partial charge in [-0.25, -0.2) is 0 Å². The van der Waals surface area contributed by atoms with Crippen molar-refractivity contribution in [2.75, 3.05) is 0 Å². The van der Waals surface area contributed by atoms with Gasteiger partial charge in [-0.05, 0) is 34.1 Å². The molecule has 0 rings (SSSR count). The molecule has 0 fully saturated rings. The first-order valence-electron chi connectivity index (χ1n) is 6.91. The predicted molar refractivity (Wildman–Crippen MR) is 79.6 cm³/mol. The van der Waals surface area contributed by atoms with Crippen LogP contribution in [-0.2, 0) is 19.1 Å². The van der Waals surface area contributed by atoms with E-state index in [0.29, 0.717) is 6.42 Å². The van der Waals surface area contributed by atoms with Crippen molar-refractivity contribution in [3.8, 4) is 0 Å². The predicted octanol–water partition coefficient (Wildman–Crippen LogP) is 3.47. The van der Waals surface area contributed by atoms with Crippen molar-refractivity contribution in [3.05, 3.63) is 12.7 Å². The highest BCUT2D eigenvalue weighted by Crippen LogP contribution is 2.37. The Labute approximate surface area is 126 Å². The Kier molecular flexibility index (Phi) is 7.87. The van der Waals surface area contributed by atoms with Crippen molar-refractivity contribution in [3.63, 3.8) is 0 Å². The van der Waals surface area contributed by atoms with Crippen LogP contribution in [0.4, 0.5) is 0 Å². The van der Waals surface area contributed by atoms with Crippen LogP contribution < -0.4 is 0 Å². The number of halogens is 1. The van der Waals surface area contributed by atoms with Crippen molar-refractivity contribution in [1.82, 2.24) is 0 Å². The van der Waals surface area contributed by atoms with E-state index in [-0.39, 0.29) is 18.6 Å². The maximum absolute atomic E-state index is 12.4. The molecular formula is C15H25ClO4. The van der Waals surface area contributed by atoms with Crippen LogP contribution in [0, 0.1) is 5.41 Å². The molecule has 0 N–H and O–H groups in total. The van der Waals surface area contributed by atoms with Gasteiger partial charge in [0.2, 0.25) is 0 Å². The van der Waals surface area contributed by atoms with Crippen LogP contribution in [0.15, 0.2) is 12.7 Å². The van der Waals surface area contributed by atoms with Crippen LogP contribution >= 0.6 is 11.6 Å². The average Bonchev–Trinajstić information content (AvgIpc) is 2.32. The fourth-order valence-electron chi connectivity index (χ4n) is 1.88. The molecule has 1 atom stereocenters. The molecule has 20 heavy (non-hydrogen) atoms. The Balaban J connectivity index is 5.62. The highest BCUT2D eigenvalue weighted by atomic mass is 35.5. The van der Waals surface area contributed by atoms with Crippen molar-refractivity contribution in [2.45, 2.75) is 65.0 Å². The molecular weight excluding hydrogens is 280 g/mol. The third kappa shape index (κ3) is 4.51. The second-order valence-electron chi connectivity index (χ2n) is 5.27. The van der Waals surface area contributed by atoms with E-state index in [9.17, 15) is 9.59 Å². The van der Waals surface area contributed by atoms with E-state index in [1.807, 2.05) is 6.92 Å². The summed E-state index contributed by atoms with van der Waals surface area (Å²) in [6.07, 6.45) is 1.56. The quantitative estimate of drug-likeness (QED) is 0.298. The maximum Gasteiger partial charge on any atom is 0.325 e. The molecule has 0 aliphatic carbocycles. The van der Waals surface area contributed by atoms with Gasteiger partial charge in [-0.2, -0.15) is 0 Å². The Bertz CT molecular complexity index is 328. The molecule has 0 saturated carbocycles. The van der Waals surface area contributed by atoms with Gasteiger partial charge in [0.1, 0.15) is 0 Å². The van der Waals surface area contributed by atoms with Crippen molar-refractivity contribution < 1.29 is 19.1 Å². The van der Waals surface area contributed by atoms with E-state index < -0.39 is 22.7 Å². The standard InChI is InChI=1S/C15H25ClO4/c1-7-9-15(12(16)8-2,13(17)19-10(3)4)14(18)20-11(5)6/h8,10-12H,2,7,9H2,1,3-6H3. The summed E-state index contributed by atoms with van der Waals surface area (Å²) in [5, 5.41) is -0.875. The molecule has 0 heterocycles. The van der Waals surface area contributed by atoms with E-state index in [2.05, 4.69) is 6.58 Å². The second kappa shape index (κ2) is 8.30. The number of carbonyl (C=O) groups is 2. The summed E-state index contributed by atoms with van der Waals surface area (Å²) in [5.74, 6) is -1.31. The molecule has 0 bridgehead atoms. The highest BCUT2D eigenvalue weighted by Gasteiger charge is 2.53. The van der Waals surface area contributed by atoms with Gasteiger partial charge in [0.15, 0.2) is 5.41 Å². The summed E-state index contributed by atoms with van der Waals surface area (Å²) in [5.41, 5.74) is -1.54. The normalized spacial score (nSPS) is 13.2. The summed E-state index contributed by atoms with van der Waals surface area (Å²) in [6, 6.07) is 0. The topological polar surface area (TPSA) is 52.6 Å². The van der Waals surface area contributed by atoms with Gasteiger partial charge in [-0.1, -0.05) is 19.4 Å². The Morgan fingerprint density at radius 1 is 1.15 bits per heavy atom. The van der Waals surface area contributed by atoms with Gasteiger partial charge in [-0.15, -0.1) is 18.2 Å². The minimum atomic E-state index is -1.54. The molecule has 0 saturated heterocycles. The molecule has 1 unspecified atom stereocenters. The molecule has 116 valence electrons. The lowest BCUT2D eigenvalue weighted by Crippen LogP contribution is -2.49. The number of hydrogen-bond acceptors (Lipinski definition) is 4. The van der Waals surface area contributed by atoms with Gasteiger partial charge < -0.3 is 9.47 Å². The third-order valence-electron chi connectivity index (χ3n) is 2.74. The number of carbonyl (C=O) groups excluding carboxylic acids is 2. The number of rotatable bonds is 8. The van der Waals surface area contributed by atoms with E-state index in [0.717, 1.165) is 0 Å². The van der Waals surface area contributed by atoms with E-state index in [1.54, 1.807) is 27.7 Å². The van der Waals surface area contributed by atoms with Crippen LogP contribution in [0.3, 0.4) is 0 Å². The fourth-order valence-corrected chi connectivity index (χ4v) is 2.17. The first-order chi connectivity index (χ1) is 9.22. The summed E-state index contributed by atoms with van der Waals surface area (Å²) in [7, 11) is 0. The van der Waals surface area contributed by atoms with Gasteiger partial charge in [0.05, 0.1) is 17.6 Å². The molecule has 0 aliphatic heterocycles. The smallest absolute Gasteiger partial charge is 0.325 e. The molecule has 0 spiro atoms. The Morgan fingerprint density at radius 2 is 1.55 bits per heavy atom. The summed E-state index contributed by atoms with van der Waals surface area (Å²) in [6.45, 7) is 12.3. The third-order valence-corrected chi connectivity index (χ3v) is 3.29. The monoisotopic (exact) mass is 304 g/mol. The van der Waals surface area contributed by atoms with Crippen molar-refractivity contribution in [2.24, 2.45) is 5.41 Å². The van der Waals surface area contributed by atoms with Crippen molar-refractivity contribution in [1.29, 1.82) is 0 Å². The number of hydrogen-bond donors (Lipinski definition) is 0. The van der Waals surface area contributed by atoms with Crippen LogP contribution in [0.25, 0.3) is 0 Å². The van der Waals surface area contributed by atoms with E-state index in [1.165, 1.54) is 6.08 Å². The summed E-state index contributed by atoms with van der Waals surface area (Å²) < 4.78 is 10.4. The Morgan fingerprint density at radius 3 is 1.80 bits per heavy atom. The maximum atomic E-state index is 12.4. The second-order valence-corrected chi connectivity index (χ2v) is 5.74. The minimum Gasteiger partial charge on any atom is -0.462 e. The number of ether oxygens (including phenoxy) is 2. The van der Waals surface area contributed by atoms with Crippen molar-refractivity contribution >= 4 is 23.5 Å². The van der Waals surface area contributed by atoms with Crippen LogP contribution in [0.1, 0.15) is 47.5 Å². The zero-order valence-corrected chi connectivity index (χ0v) is 13.7. The number of allylic oxidation sites excluding steroid dienone is 1. The average molecular weight is 305 g/mol. The summed E-state index contributed by atoms with van der Waals surface area (Å²) >= 11 is 6.20. The SMILES string of the molecule is C=CC(Cl)C(CCC)(C(=O)OC(C)C)C(=O)OC(C)C. The molecule has 0 aromatic carbocycles. The zero-order valence-electron chi connectivity index (χ0n) is 12.9. The van der Waals surface area contributed by atoms with Gasteiger partial charge >= 0.3 is 11.9 Å². The molecule has 0 aliphatic rings. The lowest BCUT2D eigenvalue weighted by Gasteiger charge is -2.33. The first-order valence-corrected chi connectivity index (χ1v) is 7.34. The van der Waals surface area contributed by atoms with Gasteiger partial charge in [0.25, 0.3) is 0 Å². The van der Waals surface area contributed by atoms with E-state index >= 15 is 0 Å². The number of alkyl halides is 1. The lowest BCUT2D eigenvalue weighted by molar-refractivity contribution is -0.177. The van der Waals surface area contributed by atoms with Gasteiger partial charge in [-0.3, -0.25) is 9.59 Å². The van der Waals surface area contributed by atoms with E-state index in [4.69, 9.17) is 21.1 Å². The lowest BCUT2D eigenvalue weighted by atomic mass is 9.79. The van der Waals surface area contributed by atoms with Gasteiger partial charge in [0, 0.05) is 0 Å². The Hall–Kier alpha value is -1.03. The minimum absolute atomic E-state index is 0.254. The highest BCUT2D eigenvalue weighted by molar-refractivity contribution is 6.26. The zero-order chi connectivity index (χ0) is 15.9. The van der Waals surface area contributed by atoms with Crippen LogP contribution in [-0.4, -0.2) is 29.5 Å². The molecule has 0 amide bonds. The molecule has 4 nitrogen and oxygen atoms in total. The largest absolute Gasteiger partial charge is 0.462 e. The molecule has 0 radical (unpaired) electrons. The summed E-state index contributed by atoms with van der Waals surface area (Å²) in [4.78, 5) is 24.9. The fraction of sp³-hybridized carbons (Fsp3) is 0.733. The molecule has 0 aromatic heterocycles. The van der Waals surface area contributed by atoms with Crippen LogP contribution in [0.2, 0.25) is 0 Å².